The summed E-state index contributed by atoms with van der Waals surface area (Å²) in [6, 6.07) is 22.6. The highest BCUT2D eigenvalue weighted by molar-refractivity contribution is 9.11. The maximum absolute atomic E-state index is 12.2. The molecule has 0 radical (unpaired) electrons. The van der Waals surface area contributed by atoms with Gasteiger partial charge in [-0.1, -0.05) is 54.6 Å². The minimum absolute atomic E-state index is 0.226. The van der Waals surface area contributed by atoms with Gasteiger partial charge in [-0.2, -0.15) is 0 Å². The number of hydrogen-bond acceptors (Lipinski definition) is 4. The molecule has 180 valence electrons. The van der Waals surface area contributed by atoms with E-state index in [1.54, 1.807) is 0 Å². The van der Waals surface area contributed by atoms with Crippen molar-refractivity contribution >= 4 is 38.0 Å². The third-order valence-electron chi connectivity index (χ3n) is 5.23. The number of ether oxygens (including phenoxy) is 2. The minimum Gasteiger partial charge on any atom is -0.491 e. The molecule has 0 aromatic heterocycles. The molecule has 0 saturated carbocycles. The van der Waals surface area contributed by atoms with Gasteiger partial charge in [0.05, 0.1) is 15.6 Å². The lowest BCUT2D eigenvalue weighted by Crippen LogP contribution is -2.30. The number of rotatable bonds is 11. The van der Waals surface area contributed by atoms with Crippen molar-refractivity contribution in [3.05, 3.63) is 86.8 Å². The van der Waals surface area contributed by atoms with Gasteiger partial charge in [0.1, 0.15) is 11.9 Å². The predicted octanol–water partition coefficient (Wildman–Crippen LogP) is 6.51. The molecule has 3 aromatic rings. The summed E-state index contributed by atoms with van der Waals surface area (Å²) in [6.45, 7) is 3.54. The van der Waals surface area contributed by atoms with E-state index in [4.69, 9.17) is 15.2 Å². The van der Waals surface area contributed by atoms with Gasteiger partial charge in [0.15, 0.2) is 0 Å². The molecule has 3 rings (SSSR count). The number of amides is 1. The normalized spacial score (nSPS) is 11.6. The van der Waals surface area contributed by atoms with Gasteiger partial charge in [-0.05, 0) is 92.6 Å². The summed E-state index contributed by atoms with van der Waals surface area (Å²) in [5, 5.41) is 2.84. The van der Waals surface area contributed by atoms with Crippen LogP contribution in [0.5, 0.6) is 5.75 Å². The van der Waals surface area contributed by atoms with Crippen molar-refractivity contribution in [1.29, 1.82) is 0 Å². The molecule has 0 saturated heterocycles. The van der Waals surface area contributed by atoms with Gasteiger partial charge in [-0.3, -0.25) is 0 Å². The lowest BCUT2D eigenvalue weighted by Gasteiger charge is -2.15. The molecule has 34 heavy (non-hydrogen) atoms. The van der Waals surface area contributed by atoms with Crippen LogP contribution in [0.25, 0.3) is 11.1 Å². The zero-order chi connectivity index (χ0) is 24.3. The van der Waals surface area contributed by atoms with Crippen molar-refractivity contribution in [3.63, 3.8) is 0 Å². The quantitative estimate of drug-likeness (QED) is 0.250. The second-order valence-corrected chi connectivity index (χ2v) is 9.75. The second kappa shape index (κ2) is 13.5. The van der Waals surface area contributed by atoms with Crippen LogP contribution in [-0.4, -0.2) is 31.9 Å². The number of benzene rings is 3. The number of hydrogen-bond donors (Lipinski definition) is 2. The molecule has 1 amide bonds. The summed E-state index contributed by atoms with van der Waals surface area (Å²) in [6.07, 6.45) is 1.49. The molecule has 0 aliphatic carbocycles. The van der Waals surface area contributed by atoms with Crippen molar-refractivity contribution in [2.45, 2.75) is 32.3 Å². The van der Waals surface area contributed by atoms with Gasteiger partial charge in [0, 0.05) is 13.0 Å². The molecule has 3 aromatic carbocycles. The summed E-state index contributed by atoms with van der Waals surface area (Å²) in [4.78, 5) is 12.2. The Kier molecular flexibility index (Phi) is 10.4. The maximum Gasteiger partial charge on any atom is 0.407 e. The van der Waals surface area contributed by atoms with E-state index < -0.39 is 6.09 Å². The summed E-state index contributed by atoms with van der Waals surface area (Å²) >= 11 is 7.11. The number of halogens is 2. The zero-order valence-electron chi connectivity index (χ0n) is 19.2. The monoisotopic (exact) mass is 588 g/mol. The van der Waals surface area contributed by atoms with Crippen LogP contribution in [0.3, 0.4) is 0 Å². The van der Waals surface area contributed by atoms with E-state index in [9.17, 15) is 4.79 Å². The fraction of sp³-hybridized carbons (Fsp3) is 0.296. The minimum atomic E-state index is -0.409. The molecule has 7 heteroatoms. The Morgan fingerprint density at radius 2 is 1.62 bits per heavy atom. The highest BCUT2D eigenvalue weighted by Crippen LogP contribution is 2.35. The molecule has 0 fully saturated rings. The van der Waals surface area contributed by atoms with Crippen molar-refractivity contribution in [3.8, 4) is 16.9 Å². The molecule has 1 atom stereocenters. The summed E-state index contributed by atoms with van der Waals surface area (Å²) < 4.78 is 13.0. The van der Waals surface area contributed by atoms with Gasteiger partial charge in [-0.15, -0.1) is 0 Å². The highest BCUT2D eigenvalue weighted by Gasteiger charge is 2.12. The Labute approximate surface area is 218 Å². The zero-order valence-corrected chi connectivity index (χ0v) is 22.4. The highest BCUT2D eigenvalue weighted by atomic mass is 79.9. The van der Waals surface area contributed by atoms with Crippen molar-refractivity contribution in [2.75, 3.05) is 19.7 Å². The number of carbonyl (C=O) groups is 1. The van der Waals surface area contributed by atoms with E-state index in [1.807, 2.05) is 37.3 Å². The number of nitrogens with two attached hydrogens (primary N) is 1. The van der Waals surface area contributed by atoms with Crippen LogP contribution in [0.1, 0.15) is 24.5 Å². The van der Waals surface area contributed by atoms with Gasteiger partial charge in [0.25, 0.3) is 0 Å². The van der Waals surface area contributed by atoms with E-state index in [-0.39, 0.29) is 6.10 Å². The summed E-state index contributed by atoms with van der Waals surface area (Å²) in [5.41, 5.74) is 10.1. The van der Waals surface area contributed by atoms with Gasteiger partial charge in [0.2, 0.25) is 0 Å². The topological polar surface area (TPSA) is 73.6 Å². The molecule has 0 heterocycles. The SMILES string of the molecule is CC(Cc1ccc(-c2ccccc2)cc1)OC(=O)NCCc1cc(Br)c(OCCCN)c(Br)c1. The van der Waals surface area contributed by atoms with Gasteiger partial charge in [-0.25, -0.2) is 4.79 Å². The maximum atomic E-state index is 12.2. The molecule has 3 N–H and O–H groups in total. The second-order valence-electron chi connectivity index (χ2n) is 8.04. The Morgan fingerprint density at radius 1 is 0.971 bits per heavy atom. The summed E-state index contributed by atoms with van der Waals surface area (Å²) in [5.74, 6) is 0.759. The fourth-order valence-electron chi connectivity index (χ4n) is 3.52. The third-order valence-corrected chi connectivity index (χ3v) is 6.41. The molecule has 0 aliphatic heterocycles. The standard InChI is InChI=1S/C27H30Br2N2O3/c1-19(16-20-8-10-23(11-9-20)22-6-3-2-4-7-22)34-27(32)31-14-12-21-17-24(28)26(25(29)18-21)33-15-5-13-30/h2-4,6-11,17-19H,5,12-16,30H2,1H3,(H,31,32). The van der Waals surface area contributed by atoms with Crippen LogP contribution in [0.2, 0.25) is 0 Å². The van der Waals surface area contributed by atoms with Crippen LogP contribution >= 0.6 is 31.9 Å². The van der Waals surface area contributed by atoms with Crippen LogP contribution in [0.15, 0.2) is 75.7 Å². The molecular weight excluding hydrogens is 560 g/mol. The first kappa shape index (κ1) is 26.3. The lowest BCUT2D eigenvalue weighted by molar-refractivity contribution is 0.107. The van der Waals surface area contributed by atoms with Crippen LogP contribution < -0.4 is 15.8 Å². The molecular formula is C27H30Br2N2O3. The number of nitrogens with one attached hydrogen (secondary N) is 1. The largest absolute Gasteiger partial charge is 0.491 e. The van der Waals surface area contributed by atoms with Gasteiger partial charge >= 0.3 is 6.09 Å². The smallest absolute Gasteiger partial charge is 0.407 e. The third kappa shape index (κ3) is 8.15. The Morgan fingerprint density at radius 3 is 2.26 bits per heavy atom. The molecule has 1 unspecified atom stereocenters. The van der Waals surface area contributed by atoms with Crippen LogP contribution in [0, 0.1) is 0 Å². The van der Waals surface area contributed by atoms with Crippen LogP contribution in [0.4, 0.5) is 4.79 Å². The Hall–Kier alpha value is -2.35. The van der Waals surface area contributed by atoms with Crippen molar-refractivity contribution in [2.24, 2.45) is 5.73 Å². The Balaban J connectivity index is 1.42. The lowest BCUT2D eigenvalue weighted by atomic mass is 10.0. The van der Waals surface area contributed by atoms with Gasteiger partial charge < -0.3 is 20.5 Å². The average Bonchev–Trinajstić information content (AvgIpc) is 2.82. The summed E-state index contributed by atoms with van der Waals surface area (Å²) in [7, 11) is 0. The number of carbonyl (C=O) groups excluding carboxylic acids is 1. The van der Waals surface area contributed by atoms with E-state index in [0.717, 1.165) is 32.2 Å². The first-order chi connectivity index (χ1) is 16.5. The molecule has 0 spiro atoms. The van der Waals surface area contributed by atoms with E-state index in [2.05, 4.69) is 73.6 Å². The Bertz CT molecular complexity index is 1040. The van der Waals surface area contributed by atoms with Crippen molar-refractivity contribution < 1.29 is 14.3 Å². The molecule has 5 nitrogen and oxygen atoms in total. The van der Waals surface area contributed by atoms with E-state index in [1.165, 1.54) is 11.1 Å². The van der Waals surface area contributed by atoms with Crippen LogP contribution in [-0.2, 0) is 17.6 Å². The first-order valence-corrected chi connectivity index (χ1v) is 12.9. The predicted molar refractivity (Wildman–Crippen MR) is 144 cm³/mol. The van der Waals surface area contributed by atoms with Crippen molar-refractivity contribution in [1.82, 2.24) is 5.32 Å². The van der Waals surface area contributed by atoms with E-state index in [0.29, 0.717) is 32.5 Å². The first-order valence-electron chi connectivity index (χ1n) is 11.4. The average molecular weight is 590 g/mol. The number of alkyl carbamates (subject to hydrolysis) is 1. The molecule has 0 bridgehead atoms. The molecule has 0 aliphatic rings. The van der Waals surface area contributed by atoms with E-state index >= 15 is 0 Å². The fourth-order valence-corrected chi connectivity index (χ4v) is 5.03.